The van der Waals surface area contributed by atoms with E-state index in [1.807, 2.05) is 0 Å². The second-order valence-electron chi connectivity index (χ2n) is 7.55. The minimum absolute atomic E-state index is 0. The summed E-state index contributed by atoms with van der Waals surface area (Å²) in [7, 11) is 0. The summed E-state index contributed by atoms with van der Waals surface area (Å²) in [5.41, 5.74) is 5.39. The molecule has 0 radical (unpaired) electrons. The monoisotopic (exact) mass is 373 g/mol. The van der Waals surface area contributed by atoms with Crippen LogP contribution in [0.25, 0.3) is 5.69 Å². The number of hydrogen-bond donors (Lipinski definition) is 1. The van der Waals surface area contributed by atoms with Crippen LogP contribution >= 0.6 is 12.4 Å². The summed E-state index contributed by atoms with van der Waals surface area (Å²) in [5.74, 6) is 0.211. The second-order valence-corrected chi connectivity index (χ2v) is 7.55. The molecule has 3 heterocycles. The third-order valence-electron chi connectivity index (χ3n) is 5.81. The molecule has 1 aromatic heterocycles. The van der Waals surface area contributed by atoms with Crippen molar-refractivity contribution in [2.45, 2.75) is 52.1 Å². The van der Waals surface area contributed by atoms with E-state index in [2.05, 4.69) is 65.9 Å². The number of aromatic nitrogens is 1. The van der Waals surface area contributed by atoms with Gasteiger partial charge in [0.2, 0.25) is 0 Å². The van der Waals surface area contributed by atoms with E-state index in [-0.39, 0.29) is 18.3 Å². The van der Waals surface area contributed by atoms with Crippen molar-refractivity contribution < 1.29 is 4.79 Å². The maximum absolute atomic E-state index is 13.4. The Morgan fingerprint density at radius 1 is 1.08 bits per heavy atom. The van der Waals surface area contributed by atoms with Crippen molar-refractivity contribution in [1.82, 2.24) is 14.8 Å². The first-order valence-electron chi connectivity index (χ1n) is 9.35. The average Bonchev–Trinajstić information content (AvgIpc) is 3.01. The van der Waals surface area contributed by atoms with Crippen molar-refractivity contribution >= 4 is 18.3 Å². The maximum atomic E-state index is 13.4. The average molecular weight is 374 g/mol. The van der Waals surface area contributed by atoms with E-state index in [0.717, 1.165) is 55.0 Å². The summed E-state index contributed by atoms with van der Waals surface area (Å²) >= 11 is 0. The summed E-state index contributed by atoms with van der Waals surface area (Å²) in [5, 5.41) is 3.48. The van der Waals surface area contributed by atoms with Crippen LogP contribution in [0.1, 0.15) is 46.6 Å². The SMILES string of the molecule is Cc1cccc(-n2c(C)cc(C(=O)N3C4CCNCC3CC4)c2C)c1.Cl. The Labute approximate surface area is 162 Å². The van der Waals surface area contributed by atoms with Gasteiger partial charge in [-0.05, 0) is 70.3 Å². The molecule has 1 N–H and O–H groups in total. The van der Waals surface area contributed by atoms with Gasteiger partial charge in [0.1, 0.15) is 0 Å². The first-order chi connectivity index (χ1) is 12.1. The van der Waals surface area contributed by atoms with Crippen molar-refractivity contribution in [3.05, 3.63) is 52.8 Å². The molecule has 2 saturated heterocycles. The molecule has 2 aliphatic heterocycles. The Morgan fingerprint density at radius 3 is 2.62 bits per heavy atom. The van der Waals surface area contributed by atoms with Gasteiger partial charge in [-0.3, -0.25) is 4.79 Å². The lowest BCUT2D eigenvalue weighted by atomic mass is 10.1. The number of hydrogen-bond acceptors (Lipinski definition) is 2. The first kappa shape index (κ1) is 19.0. The molecule has 1 aromatic carbocycles. The fraction of sp³-hybridized carbons (Fsp3) is 0.476. The minimum atomic E-state index is 0. The van der Waals surface area contributed by atoms with Gasteiger partial charge in [-0.25, -0.2) is 0 Å². The zero-order valence-corrected chi connectivity index (χ0v) is 16.6. The number of nitrogens with one attached hydrogen (secondary N) is 1. The molecule has 4 rings (SSSR count). The van der Waals surface area contributed by atoms with Crippen LogP contribution < -0.4 is 5.32 Å². The van der Waals surface area contributed by atoms with E-state index in [9.17, 15) is 4.79 Å². The topological polar surface area (TPSA) is 37.3 Å². The highest BCUT2D eigenvalue weighted by Crippen LogP contribution is 2.31. The number of benzene rings is 1. The molecule has 26 heavy (non-hydrogen) atoms. The zero-order valence-electron chi connectivity index (χ0n) is 15.8. The Hall–Kier alpha value is -1.78. The smallest absolute Gasteiger partial charge is 0.256 e. The molecule has 2 atom stereocenters. The predicted octanol–water partition coefficient (Wildman–Crippen LogP) is 3.79. The first-order valence-corrected chi connectivity index (χ1v) is 9.35. The number of rotatable bonds is 2. The molecule has 0 spiro atoms. The second kappa shape index (κ2) is 7.45. The van der Waals surface area contributed by atoms with Gasteiger partial charge < -0.3 is 14.8 Å². The lowest BCUT2D eigenvalue weighted by molar-refractivity contribution is 0.0679. The number of amides is 1. The fourth-order valence-corrected chi connectivity index (χ4v) is 4.60. The van der Waals surface area contributed by atoms with E-state index in [1.165, 1.54) is 5.56 Å². The van der Waals surface area contributed by atoms with Gasteiger partial charge in [0.15, 0.2) is 0 Å². The number of fused-ring (bicyclic) bond motifs is 2. The van der Waals surface area contributed by atoms with Gasteiger partial charge in [-0.15, -0.1) is 12.4 Å². The van der Waals surface area contributed by atoms with Crippen LogP contribution in [0.2, 0.25) is 0 Å². The molecule has 1 amide bonds. The molecule has 2 bridgehead atoms. The summed E-state index contributed by atoms with van der Waals surface area (Å²) in [4.78, 5) is 15.6. The highest BCUT2D eigenvalue weighted by Gasteiger charge is 2.39. The van der Waals surface area contributed by atoms with E-state index in [0.29, 0.717) is 12.1 Å². The molecular weight excluding hydrogens is 346 g/mol. The Balaban J connectivity index is 0.00000196. The maximum Gasteiger partial charge on any atom is 0.256 e. The van der Waals surface area contributed by atoms with Gasteiger partial charge in [-0.2, -0.15) is 0 Å². The van der Waals surface area contributed by atoms with E-state index >= 15 is 0 Å². The molecule has 2 aliphatic rings. The van der Waals surface area contributed by atoms with E-state index in [4.69, 9.17) is 0 Å². The molecule has 2 unspecified atom stereocenters. The Bertz CT molecular complexity index is 800. The van der Waals surface area contributed by atoms with Gasteiger partial charge in [0, 0.05) is 35.7 Å². The van der Waals surface area contributed by atoms with Crippen molar-refractivity contribution in [3.8, 4) is 5.69 Å². The van der Waals surface area contributed by atoms with Crippen molar-refractivity contribution in [1.29, 1.82) is 0 Å². The van der Waals surface area contributed by atoms with Crippen LogP contribution in [-0.4, -0.2) is 40.5 Å². The van der Waals surface area contributed by atoms with Gasteiger partial charge in [0.25, 0.3) is 5.91 Å². The number of carbonyl (C=O) groups excluding carboxylic acids is 1. The van der Waals surface area contributed by atoms with E-state index in [1.54, 1.807) is 0 Å². The summed E-state index contributed by atoms with van der Waals surface area (Å²) in [6.07, 6.45) is 3.34. The van der Waals surface area contributed by atoms with Crippen LogP contribution in [0.4, 0.5) is 0 Å². The number of nitrogens with zero attached hydrogens (tertiary/aromatic N) is 2. The highest BCUT2D eigenvalue weighted by atomic mass is 35.5. The van der Waals surface area contributed by atoms with Crippen molar-refractivity contribution in [3.63, 3.8) is 0 Å². The summed E-state index contributed by atoms with van der Waals surface area (Å²) in [6, 6.07) is 11.3. The van der Waals surface area contributed by atoms with Crippen molar-refractivity contribution in [2.24, 2.45) is 0 Å². The third-order valence-corrected chi connectivity index (χ3v) is 5.81. The number of carbonyl (C=O) groups is 1. The highest BCUT2D eigenvalue weighted by molar-refractivity contribution is 5.96. The van der Waals surface area contributed by atoms with Crippen LogP contribution in [0.5, 0.6) is 0 Å². The number of aryl methyl sites for hydroxylation is 2. The van der Waals surface area contributed by atoms with Gasteiger partial charge >= 0.3 is 0 Å². The van der Waals surface area contributed by atoms with Crippen molar-refractivity contribution in [2.75, 3.05) is 13.1 Å². The van der Waals surface area contributed by atoms with Gasteiger partial charge in [0.05, 0.1) is 5.56 Å². The predicted molar refractivity (Wildman–Crippen MR) is 108 cm³/mol. The summed E-state index contributed by atoms with van der Waals surface area (Å²) in [6.45, 7) is 8.21. The lowest BCUT2D eigenvalue weighted by Crippen LogP contribution is -2.42. The van der Waals surface area contributed by atoms with Crippen LogP contribution in [0, 0.1) is 20.8 Å². The molecule has 2 aromatic rings. The molecule has 140 valence electrons. The zero-order chi connectivity index (χ0) is 17.6. The van der Waals surface area contributed by atoms with E-state index < -0.39 is 0 Å². The third kappa shape index (κ3) is 3.17. The summed E-state index contributed by atoms with van der Waals surface area (Å²) < 4.78 is 2.21. The van der Waals surface area contributed by atoms with Gasteiger partial charge in [-0.1, -0.05) is 12.1 Å². The molecule has 5 heteroatoms. The fourth-order valence-electron chi connectivity index (χ4n) is 4.60. The molecular formula is C21H28ClN3O. The van der Waals surface area contributed by atoms with Crippen LogP contribution in [0.15, 0.2) is 30.3 Å². The molecule has 0 aliphatic carbocycles. The van der Waals surface area contributed by atoms with Crippen LogP contribution in [0.3, 0.4) is 0 Å². The van der Waals surface area contributed by atoms with Crippen LogP contribution in [-0.2, 0) is 0 Å². The molecule has 2 fully saturated rings. The lowest BCUT2D eigenvalue weighted by Gasteiger charge is -2.28. The minimum Gasteiger partial charge on any atom is -0.331 e. The normalized spacial score (nSPS) is 22.0. The molecule has 4 nitrogen and oxygen atoms in total. The largest absolute Gasteiger partial charge is 0.331 e. The standard InChI is InChI=1S/C21H27N3O.ClH/c1-14-5-4-6-18(11-14)23-15(2)12-20(16(23)3)21(25)24-17-7-8-19(24)13-22-10-9-17;/h4-6,11-12,17,19,22H,7-10,13H2,1-3H3;1H. The molecule has 0 saturated carbocycles. The quantitative estimate of drug-likeness (QED) is 0.869. The number of halogens is 1. The Kier molecular flexibility index (Phi) is 5.44. The Morgan fingerprint density at radius 2 is 1.85 bits per heavy atom.